The number of fused-ring (bicyclic) bond motifs is 3. The number of nitriles is 1. The standard InChI is InChI=1S/C26H33N5O3/c1-16(24(32)30-10-4-5-19(30)13-27)14-29-15-20-12-23(29)26(34)31(20)22-9-7-17-11-18(6-8-21(17)22)25(33)28(2)3/h6,8,11,16,19-20,22-23H,4-5,7,9-10,12,14-15H2,1-3H3/t16-,19-,20-,22+,23-/m0/s1. The molecule has 0 saturated carbocycles. The Morgan fingerprint density at radius 2 is 2.03 bits per heavy atom. The average molecular weight is 464 g/mol. The van der Waals surface area contributed by atoms with Gasteiger partial charge >= 0.3 is 0 Å². The van der Waals surface area contributed by atoms with Crippen molar-refractivity contribution in [2.45, 2.75) is 63.2 Å². The summed E-state index contributed by atoms with van der Waals surface area (Å²) in [5, 5.41) is 9.32. The Labute approximate surface area is 201 Å². The number of carbonyl (C=O) groups excluding carboxylic acids is 3. The second kappa shape index (κ2) is 8.70. The molecular weight excluding hydrogens is 430 g/mol. The molecule has 180 valence electrons. The highest BCUT2D eigenvalue weighted by atomic mass is 16.2. The maximum Gasteiger partial charge on any atom is 0.253 e. The van der Waals surface area contributed by atoms with Crippen LogP contribution in [0, 0.1) is 17.2 Å². The van der Waals surface area contributed by atoms with Crippen LogP contribution in [0.1, 0.15) is 60.1 Å². The lowest BCUT2D eigenvalue weighted by Gasteiger charge is -2.38. The normalized spacial score (nSPS) is 28.8. The van der Waals surface area contributed by atoms with Crippen molar-refractivity contribution >= 4 is 17.7 Å². The van der Waals surface area contributed by atoms with Crippen LogP contribution in [0.4, 0.5) is 0 Å². The van der Waals surface area contributed by atoms with Gasteiger partial charge in [-0.1, -0.05) is 13.0 Å². The van der Waals surface area contributed by atoms with Crippen molar-refractivity contribution in [3.8, 4) is 6.07 Å². The van der Waals surface area contributed by atoms with E-state index in [9.17, 15) is 19.6 Å². The SMILES string of the molecule is C[C@@H](CN1C[C@@H]2C[C@H]1C(=O)N2[C@@H]1CCc2cc(C(=O)N(C)C)ccc21)C(=O)N1CCC[C@H]1C#N. The van der Waals surface area contributed by atoms with Gasteiger partial charge < -0.3 is 14.7 Å². The van der Waals surface area contributed by atoms with Crippen molar-refractivity contribution < 1.29 is 14.4 Å². The van der Waals surface area contributed by atoms with E-state index in [0.717, 1.165) is 38.6 Å². The summed E-state index contributed by atoms with van der Waals surface area (Å²) >= 11 is 0. The number of carbonyl (C=O) groups is 3. The minimum absolute atomic E-state index is 0.00288. The first-order valence-corrected chi connectivity index (χ1v) is 12.4. The van der Waals surface area contributed by atoms with Crippen molar-refractivity contribution in [3.63, 3.8) is 0 Å². The molecule has 3 fully saturated rings. The van der Waals surface area contributed by atoms with Crippen LogP contribution in [0.3, 0.4) is 0 Å². The van der Waals surface area contributed by atoms with Gasteiger partial charge in [0.15, 0.2) is 0 Å². The monoisotopic (exact) mass is 463 g/mol. The Morgan fingerprint density at radius 3 is 2.74 bits per heavy atom. The molecule has 3 saturated heterocycles. The van der Waals surface area contributed by atoms with Gasteiger partial charge in [-0.05, 0) is 55.4 Å². The average Bonchev–Trinajstić information content (AvgIpc) is 3.60. The van der Waals surface area contributed by atoms with Gasteiger partial charge in [0.1, 0.15) is 6.04 Å². The number of piperazine rings is 1. The first-order chi connectivity index (χ1) is 16.3. The summed E-state index contributed by atoms with van der Waals surface area (Å²) in [5.74, 6) is -0.0338. The van der Waals surface area contributed by atoms with Gasteiger partial charge in [0.05, 0.1) is 18.2 Å². The molecule has 5 rings (SSSR count). The maximum absolute atomic E-state index is 13.4. The maximum atomic E-state index is 13.4. The molecular formula is C26H33N5O3. The van der Waals surface area contributed by atoms with Gasteiger partial charge in [-0.2, -0.15) is 5.26 Å². The van der Waals surface area contributed by atoms with E-state index in [1.165, 1.54) is 11.1 Å². The van der Waals surface area contributed by atoms with E-state index in [1.807, 2.05) is 25.1 Å². The summed E-state index contributed by atoms with van der Waals surface area (Å²) in [6.07, 6.45) is 4.22. The molecule has 4 aliphatic rings. The van der Waals surface area contributed by atoms with Crippen molar-refractivity contribution in [2.75, 3.05) is 33.7 Å². The van der Waals surface area contributed by atoms with Crippen molar-refractivity contribution in [1.82, 2.24) is 19.6 Å². The van der Waals surface area contributed by atoms with Gasteiger partial charge in [-0.3, -0.25) is 19.3 Å². The molecule has 3 amide bonds. The molecule has 2 bridgehead atoms. The van der Waals surface area contributed by atoms with E-state index < -0.39 is 0 Å². The molecule has 1 aliphatic carbocycles. The number of hydrogen-bond acceptors (Lipinski definition) is 5. The molecule has 1 aromatic carbocycles. The van der Waals surface area contributed by atoms with Gasteiger partial charge in [0, 0.05) is 51.3 Å². The van der Waals surface area contributed by atoms with E-state index in [2.05, 4.69) is 15.9 Å². The molecule has 1 aromatic rings. The van der Waals surface area contributed by atoms with Crippen LogP contribution >= 0.6 is 0 Å². The van der Waals surface area contributed by atoms with E-state index in [0.29, 0.717) is 18.7 Å². The third kappa shape index (κ3) is 3.67. The quantitative estimate of drug-likeness (QED) is 0.665. The van der Waals surface area contributed by atoms with Crippen LogP contribution in [-0.2, 0) is 16.0 Å². The highest BCUT2D eigenvalue weighted by molar-refractivity contribution is 5.94. The lowest BCUT2D eigenvalue weighted by molar-refractivity contribution is -0.142. The predicted molar refractivity (Wildman–Crippen MR) is 126 cm³/mol. The third-order valence-electron chi connectivity index (χ3n) is 8.11. The summed E-state index contributed by atoms with van der Waals surface area (Å²) < 4.78 is 0. The highest BCUT2D eigenvalue weighted by Gasteiger charge is 2.53. The summed E-state index contributed by atoms with van der Waals surface area (Å²) in [6.45, 7) is 3.93. The molecule has 3 aliphatic heterocycles. The van der Waals surface area contributed by atoms with Gasteiger partial charge in [-0.25, -0.2) is 0 Å². The van der Waals surface area contributed by atoms with Crippen molar-refractivity contribution in [1.29, 1.82) is 5.26 Å². The molecule has 3 heterocycles. The Hall–Kier alpha value is -2.92. The predicted octanol–water partition coefficient (Wildman–Crippen LogP) is 1.81. The molecule has 0 aromatic heterocycles. The van der Waals surface area contributed by atoms with Gasteiger partial charge in [0.25, 0.3) is 5.91 Å². The second-order valence-corrected chi connectivity index (χ2v) is 10.5. The third-order valence-corrected chi connectivity index (χ3v) is 8.11. The Morgan fingerprint density at radius 1 is 1.24 bits per heavy atom. The fourth-order valence-corrected chi connectivity index (χ4v) is 6.45. The summed E-state index contributed by atoms with van der Waals surface area (Å²) in [6, 6.07) is 7.91. The lowest BCUT2D eigenvalue weighted by Crippen LogP contribution is -2.53. The zero-order chi connectivity index (χ0) is 24.1. The number of aryl methyl sites for hydroxylation is 1. The number of hydrogen-bond donors (Lipinski definition) is 0. The Kier molecular flexibility index (Phi) is 5.85. The van der Waals surface area contributed by atoms with Gasteiger partial charge in [-0.15, -0.1) is 0 Å². The Balaban J connectivity index is 1.25. The van der Waals surface area contributed by atoms with E-state index in [-0.39, 0.29) is 47.8 Å². The molecule has 8 nitrogen and oxygen atoms in total. The van der Waals surface area contributed by atoms with Crippen LogP contribution in [0.2, 0.25) is 0 Å². The molecule has 0 N–H and O–H groups in total. The summed E-state index contributed by atoms with van der Waals surface area (Å²) in [7, 11) is 3.51. The first-order valence-electron chi connectivity index (χ1n) is 12.4. The molecule has 0 radical (unpaired) electrons. The Bertz CT molecular complexity index is 1060. The van der Waals surface area contributed by atoms with Gasteiger partial charge in [0.2, 0.25) is 11.8 Å². The number of amides is 3. The topological polar surface area (TPSA) is 88.0 Å². The molecule has 0 spiro atoms. The minimum atomic E-state index is -0.307. The number of rotatable bonds is 5. The van der Waals surface area contributed by atoms with Crippen molar-refractivity contribution in [2.24, 2.45) is 5.92 Å². The minimum Gasteiger partial charge on any atom is -0.345 e. The molecule has 0 unspecified atom stereocenters. The number of benzene rings is 1. The van der Waals surface area contributed by atoms with Crippen LogP contribution < -0.4 is 0 Å². The molecule has 5 atom stereocenters. The largest absolute Gasteiger partial charge is 0.345 e. The molecule has 8 heteroatoms. The number of nitrogens with zero attached hydrogens (tertiary/aromatic N) is 5. The zero-order valence-corrected chi connectivity index (χ0v) is 20.2. The van der Waals surface area contributed by atoms with Crippen LogP contribution in [0.25, 0.3) is 0 Å². The summed E-state index contributed by atoms with van der Waals surface area (Å²) in [4.78, 5) is 46.3. The molecule has 34 heavy (non-hydrogen) atoms. The van der Waals surface area contributed by atoms with E-state index in [4.69, 9.17) is 0 Å². The van der Waals surface area contributed by atoms with Crippen molar-refractivity contribution in [3.05, 3.63) is 34.9 Å². The number of likely N-dealkylation sites (tertiary alicyclic amines) is 3. The van der Waals surface area contributed by atoms with Crippen LogP contribution in [-0.4, -0.2) is 89.2 Å². The smallest absolute Gasteiger partial charge is 0.253 e. The van der Waals surface area contributed by atoms with E-state index in [1.54, 1.807) is 23.9 Å². The van der Waals surface area contributed by atoms with E-state index >= 15 is 0 Å². The van der Waals surface area contributed by atoms with Crippen LogP contribution in [0.15, 0.2) is 18.2 Å². The van der Waals surface area contributed by atoms with Crippen LogP contribution in [0.5, 0.6) is 0 Å². The lowest BCUT2D eigenvalue weighted by atomic mass is 10.0. The first kappa shape index (κ1) is 22.9. The second-order valence-electron chi connectivity index (χ2n) is 10.5. The highest BCUT2D eigenvalue weighted by Crippen LogP contribution is 2.44. The fourth-order valence-electron chi connectivity index (χ4n) is 6.45. The zero-order valence-electron chi connectivity index (χ0n) is 20.2. The summed E-state index contributed by atoms with van der Waals surface area (Å²) in [5.41, 5.74) is 3.03. The fraction of sp³-hybridized carbons (Fsp3) is 0.615.